The van der Waals surface area contributed by atoms with Crippen molar-refractivity contribution < 1.29 is 8.42 Å². The maximum Gasteiger partial charge on any atom is 0.272 e. The van der Waals surface area contributed by atoms with Crippen molar-refractivity contribution in [1.82, 2.24) is 4.98 Å². The third-order valence-electron chi connectivity index (χ3n) is 4.00. The summed E-state index contributed by atoms with van der Waals surface area (Å²) >= 11 is 1.28. The molecule has 0 aliphatic heterocycles. The average Bonchev–Trinajstić information content (AvgIpc) is 3.10. The molecule has 0 fully saturated rings. The van der Waals surface area contributed by atoms with Gasteiger partial charge in [0.2, 0.25) is 0 Å². The van der Waals surface area contributed by atoms with Crippen LogP contribution in [0.25, 0.3) is 0 Å². The van der Waals surface area contributed by atoms with Gasteiger partial charge >= 0.3 is 0 Å². The Hall–Kier alpha value is -2.38. The zero-order valence-corrected chi connectivity index (χ0v) is 16.5. The van der Waals surface area contributed by atoms with E-state index in [0.29, 0.717) is 10.0 Å². The second-order valence-electron chi connectivity index (χ2n) is 6.00. The molecule has 7 heteroatoms. The van der Waals surface area contributed by atoms with Crippen molar-refractivity contribution in [2.45, 2.75) is 31.4 Å². The Bertz CT molecular complexity index is 989. The lowest BCUT2D eigenvalue weighted by Crippen LogP contribution is -2.12. The van der Waals surface area contributed by atoms with Crippen LogP contribution in [0.3, 0.4) is 0 Å². The van der Waals surface area contributed by atoms with Crippen LogP contribution >= 0.6 is 11.3 Å². The number of rotatable bonds is 6. The third kappa shape index (κ3) is 4.05. The molecule has 5 nitrogen and oxygen atoms in total. The molecule has 0 saturated heterocycles. The van der Waals surface area contributed by atoms with Crippen LogP contribution in [0.2, 0.25) is 0 Å². The van der Waals surface area contributed by atoms with Gasteiger partial charge in [-0.15, -0.1) is 11.3 Å². The molecular formula is C19H21N3O2S2. The third-order valence-corrected chi connectivity index (χ3v) is 7.08. The number of sulfonamides is 1. The number of hydrogen-bond acceptors (Lipinski definition) is 5. The van der Waals surface area contributed by atoms with E-state index in [1.165, 1.54) is 11.3 Å². The van der Waals surface area contributed by atoms with Crippen molar-refractivity contribution in [2.24, 2.45) is 0 Å². The number of thiophene rings is 1. The minimum Gasteiger partial charge on any atom is -0.354 e. The SMILES string of the molecule is CCc1ccc(S(=O)(=O)Nc2ccc(Nc3c(C)cccc3C)cn2)s1. The molecule has 0 unspecified atom stereocenters. The number of anilines is 3. The molecule has 136 valence electrons. The maximum atomic E-state index is 12.4. The van der Waals surface area contributed by atoms with Gasteiger partial charge in [0, 0.05) is 10.6 Å². The molecule has 0 saturated carbocycles. The highest BCUT2D eigenvalue weighted by Gasteiger charge is 2.17. The fourth-order valence-corrected chi connectivity index (χ4v) is 4.87. The fourth-order valence-electron chi connectivity index (χ4n) is 2.56. The van der Waals surface area contributed by atoms with E-state index in [1.54, 1.807) is 18.3 Å². The predicted octanol–water partition coefficient (Wildman–Crippen LogP) is 4.87. The molecule has 2 heterocycles. The maximum absolute atomic E-state index is 12.4. The molecule has 1 aromatic carbocycles. The first kappa shape index (κ1) is 18.4. The first-order valence-corrected chi connectivity index (χ1v) is 10.6. The number of pyridine rings is 1. The van der Waals surface area contributed by atoms with E-state index in [0.717, 1.165) is 33.8 Å². The Balaban J connectivity index is 1.75. The number of aryl methyl sites for hydroxylation is 3. The van der Waals surface area contributed by atoms with Gasteiger partial charge in [0.05, 0.1) is 11.9 Å². The van der Waals surface area contributed by atoms with Gasteiger partial charge in [-0.25, -0.2) is 13.4 Å². The highest BCUT2D eigenvalue weighted by Crippen LogP contribution is 2.26. The Morgan fingerprint density at radius 2 is 1.77 bits per heavy atom. The Morgan fingerprint density at radius 1 is 1.04 bits per heavy atom. The Kier molecular flexibility index (Phi) is 5.29. The number of nitrogens with one attached hydrogen (secondary N) is 2. The molecule has 0 bridgehead atoms. The Morgan fingerprint density at radius 3 is 2.35 bits per heavy atom. The van der Waals surface area contributed by atoms with Crippen LogP contribution in [-0.2, 0) is 16.4 Å². The van der Waals surface area contributed by atoms with E-state index in [2.05, 4.69) is 15.0 Å². The van der Waals surface area contributed by atoms with Crippen LogP contribution in [0.4, 0.5) is 17.2 Å². The summed E-state index contributed by atoms with van der Waals surface area (Å²) in [5.41, 5.74) is 4.11. The Labute approximate surface area is 158 Å². The molecule has 3 rings (SSSR count). The zero-order chi connectivity index (χ0) is 18.7. The molecule has 0 radical (unpaired) electrons. The van der Waals surface area contributed by atoms with Gasteiger partial charge in [-0.2, -0.15) is 0 Å². The first-order chi connectivity index (χ1) is 12.4. The van der Waals surface area contributed by atoms with Crippen molar-refractivity contribution in [2.75, 3.05) is 10.0 Å². The van der Waals surface area contributed by atoms with Crippen molar-refractivity contribution in [3.8, 4) is 0 Å². The van der Waals surface area contributed by atoms with Crippen molar-refractivity contribution in [3.63, 3.8) is 0 Å². The molecule has 3 aromatic rings. The van der Waals surface area contributed by atoms with Gasteiger partial charge < -0.3 is 5.32 Å². The molecule has 0 aliphatic carbocycles. The van der Waals surface area contributed by atoms with Gasteiger partial charge in [-0.1, -0.05) is 25.1 Å². The molecule has 0 aliphatic rings. The summed E-state index contributed by atoms with van der Waals surface area (Å²) in [6.45, 7) is 6.08. The van der Waals surface area contributed by atoms with E-state index in [-0.39, 0.29) is 0 Å². The molecule has 0 spiro atoms. The summed E-state index contributed by atoms with van der Waals surface area (Å²) in [4.78, 5) is 5.26. The molecule has 0 atom stereocenters. The molecule has 26 heavy (non-hydrogen) atoms. The van der Waals surface area contributed by atoms with E-state index < -0.39 is 10.0 Å². The standard InChI is InChI=1S/C19H21N3O2S2/c1-4-16-9-11-18(25-16)26(23,24)22-17-10-8-15(12-20-17)21-19-13(2)6-5-7-14(19)3/h5-12,21H,4H2,1-3H3,(H,20,22). The lowest BCUT2D eigenvalue weighted by molar-refractivity contribution is 0.603. The summed E-state index contributed by atoms with van der Waals surface area (Å²) in [6, 6.07) is 13.0. The summed E-state index contributed by atoms with van der Waals surface area (Å²) in [5, 5.41) is 3.34. The second kappa shape index (κ2) is 7.47. The summed E-state index contributed by atoms with van der Waals surface area (Å²) in [6.07, 6.45) is 2.44. The summed E-state index contributed by atoms with van der Waals surface area (Å²) in [5.74, 6) is 0.295. The molecule has 0 amide bonds. The minimum atomic E-state index is -3.60. The number of para-hydroxylation sites is 1. The van der Waals surface area contributed by atoms with Gasteiger partial charge in [0.1, 0.15) is 10.0 Å². The summed E-state index contributed by atoms with van der Waals surface area (Å²) in [7, 11) is -3.60. The lowest BCUT2D eigenvalue weighted by Gasteiger charge is -2.13. The quantitative estimate of drug-likeness (QED) is 0.633. The van der Waals surface area contributed by atoms with Crippen LogP contribution < -0.4 is 10.0 Å². The van der Waals surface area contributed by atoms with E-state index in [4.69, 9.17) is 0 Å². The van der Waals surface area contributed by atoms with Gasteiger partial charge in [-0.05, 0) is 55.7 Å². The smallest absolute Gasteiger partial charge is 0.272 e. The van der Waals surface area contributed by atoms with Crippen LogP contribution in [0.1, 0.15) is 22.9 Å². The van der Waals surface area contributed by atoms with Crippen LogP contribution in [0.5, 0.6) is 0 Å². The monoisotopic (exact) mass is 387 g/mol. The molecule has 2 N–H and O–H groups in total. The van der Waals surface area contributed by atoms with E-state index in [1.807, 2.05) is 51.1 Å². The number of hydrogen-bond donors (Lipinski definition) is 2. The van der Waals surface area contributed by atoms with Gasteiger partial charge in [-0.3, -0.25) is 4.72 Å². The lowest BCUT2D eigenvalue weighted by atomic mass is 10.1. The largest absolute Gasteiger partial charge is 0.354 e. The number of aromatic nitrogens is 1. The highest BCUT2D eigenvalue weighted by molar-refractivity contribution is 7.94. The highest BCUT2D eigenvalue weighted by atomic mass is 32.2. The predicted molar refractivity (Wildman–Crippen MR) is 108 cm³/mol. The van der Waals surface area contributed by atoms with Crippen LogP contribution in [0, 0.1) is 13.8 Å². The van der Waals surface area contributed by atoms with Gasteiger partial charge in [0.15, 0.2) is 0 Å². The zero-order valence-electron chi connectivity index (χ0n) is 14.9. The minimum absolute atomic E-state index is 0.295. The second-order valence-corrected chi connectivity index (χ2v) is 9.08. The van der Waals surface area contributed by atoms with Crippen LogP contribution in [0.15, 0.2) is 52.9 Å². The molecule has 2 aromatic heterocycles. The van der Waals surface area contributed by atoms with Crippen LogP contribution in [-0.4, -0.2) is 13.4 Å². The van der Waals surface area contributed by atoms with Crippen molar-refractivity contribution in [1.29, 1.82) is 0 Å². The molecular weight excluding hydrogens is 366 g/mol. The summed E-state index contributed by atoms with van der Waals surface area (Å²) < 4.78 is 27.7. The van der Waals surface area contributed by atoms with Gasteiger partial charge in [0.25, 0.3) is 10.0 Å². The first-order valence-electron chi connectivity index (χ1n) is 8.30. The van der Waals surface area contributed by atoms with E-state index in [9.17, 15) is 8.42 Å². The number of nitrogens with zero attached hydrogens (tertiary/aromatic N) is 1. The number of benzene rings is 1. The average molecular weight is 388 g/mol. The normalized spacial score (nSPS) is 11.3. The fraction of sp³-hybridized carbons (Fsp3) is 0.211. The van der Waals surface area contributed by atoms with E-state index >= 15 is 0 Å². The van der Waals surface area contributed by atoms with Crippen molar-refractivity contribution in [3.05, 3.63) is 64.7 Å². The topological polar surface area (TPSA) is 71.1 Å². The van der Waals surface area contributed by atoms with Crippen molar-refractivity contribution >= 4 is 38.6 Å².